The number of ether oxygens (including phenoxy) is 1. The molecule has 10 heteroatoms. The van der Waals surface area contributed by atoms with Crippen molar-refractivity contribution in [2.75, 3.05) is 12.0 Å². The number of anilines is 1. The molecule has 2 heterocycles. The fourth-order valence-electron chi connectivity index (χ4n) is 2.40. The van der Waals surface area contributed by atoms with E-state index in [1.807, 2.05) is 0 Å². The summed E-state index contributed by atoms with van der Waals surface area (Å²) in [6.45, 7) is 0. The number of hydrogen-bond donors (Lipinski definition) is 2. The zero-order chi connectivity index (χ0) is 19.4. The molecule has 0 unspecified atom stereocenters. The lowest BCUT2D eigenvalue weighted by molar-refractivity contribution is -0.131. The number of imide groups is 2. The van der Waals surface area contributed by atoms with E-state index in [0.717, 1.165) is 11.1 Å². The highest BCUT2D eigenvalue weighted by Gasteiger charge is 2.41. The molecule has 27 heavy (non-hydrogen) atoms. The normalized spacial score (nSPS) is 17.1. The lowest BCUT2D eigenvalue weighted by Gasteiger charge is -2.29. The SMILES string of the molecule is COc1ccccc1N1C(=O)NC(=O)[C@H](/C=N\NC(=O)c2ccco2)C1=O. The van der Waals surface area contributed by atoms with Crippen LogP contribution in [0.3, 0.4) is 0 Å². The Morgan fingerprint density at radius 2 is 2.04 bits per heavy atom. The van der Waals surface area contributed by atoms with E-state index in [4.69, 9.17) is 9.15 Å². The lowest BCUT2D eigenvalue weighted by Crippen LogP contribution is -2.58. The molecule has 3 rings (SSSR count). The number of barbiturate groups is 1. The zero-order valence-corrected chi connectivity index (χ0v) is 14.0. The average molecular weight is 370 g/mol. The molecule has 0 bridgehead atoms. The largest absolute Gasteiger partial charge is 0.495 e. The maximum absolute atomic E-state index is 12.7. The molecule has 0 radical (unpaired) electrons. The lowest BCUT2D eigenvalue weighted by atomic mass is 10.1. The smallest absolute Gasteiger partial charge is 0.335 e. The van der Waals surface area contributed by atoms with E-state index in [0.29, 0.717) is 0 Å². The molecule has 138 valence electrons. The molecular weight excluding hydrogens is 356 g/mol. The summed E-state index contributed by atoms with van der Waals surface area (Å²) in [5, 5.41) is 5.69. The highest BCUT2D eigenvalue weighted by Crippen LogP contribution is 2.30. The van der Waals surface area contributed by atoms with Crippen molar-refractivity contribution >= 4 is 35.7 Å². The van der Waals surface area contributed by atoms with Gasteiger partial charge in [-0.2, -0.15) is 5.10 Å². The first-order chi connectivity index (χ1) is 13.0. The topological polar surface area (TPSA) is 130 Å². The van der Waals surface area contributed by atoms with Gasteiger partial charge in [-0.25, -0.2) is 15.1 Å². The number of hydrazone groups is 1. The van der Waals surface area contributed by atoms with Gasteiger partial charge in [-0.15, -0.1) is 0 Å². The number of amides is 5. The Kier molecular flexibility index (Phi) is 4.97. The number of carbonyl (C=O) groups is 4. The van der Waals surface area contributed by atoms with Gasteiger partial charge in [0.1, 0.15) is 5.75 Å². The summed E-state index contributed by atoms with van der Waals surface area (Å²) in [5.41, 5.74) is 2.31. The van der Waals surface area contributed by atoms with E-state index in [-0.39, 0.29) is 17.2 Å². The van der Waals surface area contributed by atoms with Gasteiger partial charge in [0, 0.05) is 6.21 Å². The van der Waals surface area contributed by atoms with Crippen LogP contribution < -0.4 is 20.4 Å². The number of carbonyl (C=O) groups excluding carboxylic acids is 4. The molecule has 5 amide bonds. The fraction of sp³-hybridized carbons (Fsp3) is 0.118. The number of nitrogens with zero attached hydrogens (tertiary/aromatic N) is 2. The third-order valence-corrected chi connectivity index (χ3v) is 3.66. The second-order valence-electron chi connectivity index (χ2n) is 5.31. The van der Waals surface area contributed by atoms with Crippen molar-refractivity contribution in [3.05, 3.63) is 48.4 Å². The van der Waals surface area contributed by atoms with Crippen molar-refractivity contribution in [3.63, 3.8) is 0 Å². The van der Waals surface area contributed by atoms with Gasteiger partial charge in [0.2, 0.25) is 5.91 Å². The standard InChI is InChI=1S/C17H14N4O6/c1-26-12-6-3-2-5-11(12)21-16(24)10(14(22)19-17(21)25)9-18-20-15(23)13-7-4-8-27-13/h2-10H,1H3,(H,20,23)(H,19,22,25)/b18-9-/t10-/m0/s1. The third-order valence-electron chi connectivity index (χ3n) is 3.66. The molecule has 0 aliphatic carbocycles. The highest BCUT2D eigenvalue weighted by molar-refractivity contribution is 6.32. The van der Waals surface area contributed by atoms with E-state index in [1.54, 1.807) is 18.2 Å². The Labute approximate surface area is 152 Å². The quantitative estimate of drug-likeness (QED) is 0.457. The van der Waals surface area contributed by atoms with Gasteiger partial charge in [-0.05, 0) is 24.3 Å². The Morgan fingerprint density at radius 3 is 2.74 bits per heavy atom. The summed E-state index contributed by atoms with van der Waals surface area (Å²) in [6, 6.07) is 8.39. The fourth-order valence-corrected chi connectivity index (χ4v) is 2.40. The predicted molar refractivity (Wildman–Crippen MR) is 92.2 cm³/mol. The first-order valence-corrected chi connectivity index (χ1v) is 7.71. The number of methoxy groups -OCH3 is 1. The summed E-state index contributed by atoms with van der Waals surface area (Å²) in [4.78, 5) is 49.4. The van der Waals surface area contributed by atoms with Gasteiger partial charge in [-0.1, -0.05) is 12.1 Å². The monoisotopic (exact) mass is 370 g/mol. The minimum atomic E-state index is -1.41. The van der Waals surface area contributed by atoms with Gasteiger partial charge in [0.05, 0.1) is 19.1 Å². The molecule has 1 aromatic heterocycles. The number of para-hydroxylation sites is 2. The van der Waals surface area contributed by atoms with Gasteiger partial charge in [0.15, 0.2) is 11.7 Å². The maximum atomic E-state index is 12.7. The molecule has 1 atom stereocenters. The van der Waals surface area contributed by atoms with Gasteiger partial charge in [0.25, 0.3) is 5.91 Å². The summed E-state index contributed by atoms with van der Waals surface area (Å²) >= 11 is 0. The maximum Gasteiger partial charge on any atom is 0.335 e. The predicted octanol–water partition coefficient (Wildman–Crippen LogP) is 0.903. The van der Waals surface area contributed by atoms with E-state index >= 15 is 0 Å². The molecule has 10 nitrogen and oxygen atoms in total. The molecule has 1 aromatic carbocycles. The van der Waals surface area contributed by atoms with E-state index in [9.17, 15) is 19.2 Å². The molecule has 2 N–H and O–H groups in total. The number of urea groups is 1. The van der Waals surface area contributed by atoms with Crippen molar-refractivity contribution in [1.29, 1.82) is 0 Å². The van der Waals surface area contributed by atoms with Crippen LogP contribution in [-0.4, -0.2) is 37.1 Å². The molecule has 0 spiro atoms. The third kappa shape index (κ3) is 3.54. The van der Waals surface area contributed by atoms with Crippen molar-refractivity contribution in [2.24, 2.45) is 11.0 Å². The second kappa shape index (κ2) is 7.52. The van der Waals surface area contributed by atoms with Crippen LogP contribution in [0, 0.1) is 5.92 Å². The molecule has 1 aliphatic heterocycles. The molecule has 1 saturated heterocycles. The van der Waals surface area contributed by atoms with Crippen LogP contribution in [0.25, 0.3) is 0 Å². The molecular formula is C17H14N4O6. The summed E-state index contributed by atoms with van der Waals surface area (Å²) in [6.07, 6.45) is 2.25. The molecule has 0 saturated carbocycles. The number of nitrogens with one attached hydrogen (secondary N) is 2. The molecule has 1 aliphatic rings. The van der Waals surface area contributed by atoms with Crippen LogP contribution in [-0.2, 0) is 9.59 Å². The van der Waals surface area contributed by atoms with E-state index in [1.165, 1.54) is 31.6 Å². The summed E-state index contributed by atoms with van der Waals surface area (Å²) < 4.78 is 10.0. The Morgan fingerprint density at radius 1 is 1.26 bits per heavy atom. The number of hydrogen-bond acceptors (Lipinski definition) is 7. The second-order valence-corrected chi connectivity index (χ2v) is 5.31. The minimum absolute atomic E-state index is 0.0115. The summed E-state index contributed by atoms with van der Waals surface area (Å²) in [7, 11) is 1.39. The Bertz CT molecular complexity index is 921. The van der Waals surface area contributed by atoms with E-state index < -0.39 is 29.7 Å². The van der Waals surface area contributed by atoms with Crippen molar-refractivity contribution in [2.45, 2.75) is 0 Å². The zero-order valence-electron chi connectivity index (χ0n) is 14.0. The van der Waals surface area contributed by atoms with Gasteiger partial charge in [-0.3, -0.25) is 19.7 Å². The van der Waals surface area contributed by atoms with Crippen LogP contribution in [0.5, 0.6) is 5.75 Å². The van der Waals surface area contributed by atoms with Crippen LogP contribution in [0.2, 0.25) is 0 Å². The minimum Gasteiger partial charge on any atom is -0.495 e. The van der Waals surface area contributed by atoms with E-state index in [2.05, 4.69) is 15.8 Å². The van der Waals surface area contributed by atoms with Crippen LogP contribution in [0.1, 0.15) is 10.6 Å². The number of furan rings is 1. The van der Waals surface area contributed by atoms with Crippen LogP contribution >= 0.6 is 0 Å². The summed E-state index contributed by atoms with van der Waals surface area (Å²) in [5.74, 6) is -3.46. The average Bonchev–Trinajstić information content (AvgIpc) is 3.19. The van der Waals surface area contributed by atoms with Gasteiger partial charge < -0.3 is 9.15 Å². The number of benzene rings is 1. The van der Waals surface area contributed by atoms with Crippen molar-refractivity contribution in [1.82, 2.24) is 10.7 Å². The highest BCUT2D eigenvalue weighted by atomic mass is 16.5. The number of rotatable bonds is 5. The molecule has 2 aromatic rings. The van der Waals surface area contributed by atoms with Crippen LogP contribution in [0.4, 0.5) is 10.5 Å². The first-order valence-electron chi connectivity index (χ1n) is 7.71. The Hall–Kier alpha value is -3.95. The Balaban J connectivity index is 1.80. The van der Waals surface area contributed by atoms with Gasteiger partial charge >= 0.3 is 11.9 Å². The van der Waals surface area contributed by atoms with Crippen LogP contribution in [0.15, 0.2) is 52.2 Å². The van der Waals surface area contributed by atoms with Crippen molar-refractivity contribution < 1.29 is 28.3 Å². The molecule has 1 fully saturated rings. The first kappa shape index (κ1) is 17.9. The van der Waals surface area contributed by atoms with Crippen molar-refractivity contribution in [3.8, 4) is 5.75 Å².